The fourth-order valence-corrected chi connectivity index (χ4v) is 1.68. The van der Waals surface area contributed by atoms with E-state index in [0.717, 1.165) is 13.0 Å². The second-order valence-corrected chi connectivity index (χ2v) is 5.15. The van der Waals surface area contributed by atoms with Gasteiger partial charge in [0, 0.05) is 45.0 Å². The summed E-state index contributed by atoms with van der Waals surface area (Å²) >= 11 is 0. The molecule has 20 heavy (non-hydrogen) atoms. The van der Waals surface area contributed by atoms with Crippen LogP contribution in [0.2, 0.25) is 0 Å². The number of nitrogens with zero attached hydrogens (tertiary/aromatic N) is 1. The molecule has 1 amide bonds. The van der Waals surface area contributed by atoms with Crippen LogP contribution >= 0.6 is 0 Å². The number of hydrogen-bond donors (Lipinski definition) is 1. The highest BCUT2D eigenvalue weighted by molar-refractivity contribution is 5.75. The van der Waals surface area contributed by atoms with Crippen LogP contribution in [0, 0.1) is 5.92 Å². The molecule has 0 atom stereocenters. The Morgan fingerprint density at radius 3 is 2.90 bits per heavy atom. The minimum Gasteiger partial charge on any atom is -0.381 e. The van der Waals surface area contributed by atoms with E-state index in [1.54, 1.807) is 18.3 Å². The number of carbonyl (C=O) groups excluding carboxylic acids is 1. The summed E-state index contributed by atoms with van der Waals surface area (Å²) in [5, 5.41) is 2.83. The minimum atomic E-state index is -0.0811. The molecular weight excluding hydrogens is 256 g/mol. The van der Waals surface area contributed by atoms with Crippen molar-refractivity contribution in [1.82, 2.24) is 9.88 Å². The first-order valence-electron chi connectivity index (χ1n) is 7.09. The van der Waals surface area contributed by atoms with Gasteiger partial charge >= 0.3 is 0 Å². The number of ether oxygens (including phenoxy) is 1. The number of amides is 1. The van der Waals surface area contributed by atoms with Crippen molar-refractivity contribution < 1.29 is 9.53 Å². The van der Waals surface area contributed by atoms with Crippen molar-refractivity contribution >= 4 is 5.91 Å². The normalized spacial score (nSPS) is 10.8. The SMILES string of the molecule is CC(C)COCCCNC(=O)CCn1ccccc1=O. The molecular formula is C15H24N2O3. The zero-order valence-electron chi connectivity index (χ0n) is 12.3. The molecule has 0 saturated heterocycles. The molecule has 0 fully saturated rings. The lowest BCUT2D eigenvalue weighted by Crippen LogP contribution is -2.28. The van der Waals surface area contributed by atoms with Crippen LogP contribution in [0.15, 0.2) is 29.2 Å². The Kier molecular flexibility index (Phi) is 7.65. The highest BCUT2D eigenvalue weighted by Crippen LogP contribution is 1.93. The second-order valence-electron chi connectivity index (χ2n) is 5.15. The van der Waals surface area contributed by atoms with Crippen LogP contribution in [0.25, 0.3) is 0 Å². The van der Waals surface area contributed by atoms with Gasteiger partial charge in [-0.2, -0.15) is 0 Å². The van der Waals surface area contributed by atoms with Gasteiger partial charge in [0.05, 0.1) is 0 Å². The summed E-state index contributed by atoms with van der Waals surface area (Å²) in [6.07, 6.45) is 2.82. The minimum absolute atomic E-state index is 0.0374. The molecule has 112 valence electrons. The quantitative estimate of drug-likeness (QED) is 0.696. The van der Waals surface area contributed by atoms with Crippen molar-refractivity contribution in [3.63, 3.8) is 0 Å². The largest absolute Gasteiger partial charge is 0.381 e. The van der Waals surface area contributed by atoms with Gasteiger partial charge in [0.1, 0.15) is 0 Å². The Balaban J connectivity index is 2.09. The van der Waals surface area contributed by atoms with E-state index in [0.29, 0.717) is 32.0 Å². The van der Waals surface area contributed by atoms with Crippen LogP contribution in [-0.4, -0.2) is 30.2 Å². The van der Waals surface area contributed by atoms with E-state index >= 15 is 0 Å². The third kappa shape index (κ3) is 7.09. The summed E-state index contributed by atoms with van der Waals surface area (Å²) in [6.45, 7) is 6.65. The van der Waals surface area contributed by atoms with Gasteiger partial charge in [0.15, 0.2) is 0 Å². The van der Waals surface area contributed by atoms with Gasteiger partial charge in [-0.05, 0) is 18.4 Å². The van der Waals surface area contributed by atoms with Crippen LogP contribution in [0.1, 0.15) is 26.7 Å². The number of hydrogen-bond acceptors (Lipinski definition) is 3. The molecule has 0 aliphatic rings. The standard InChI is InChI=1S/C15H24N2O3/c1-13(2)12-20-11-5-8-16-14(18)7-10-17-9-4-3-6-15(17)19/h3-4,6,9,13H,5,7-8,10-12H2,1-2H3,(H,16,18). The zero-order chi connectivity index (χ0) is 14.8. The van der Waals surface area contributed by atoms with Crippen molar-refractivity contribution in [3.05, 3.63) is 34.7 Å². The Hall–Kier alpha value is -1.62. The topological polar surface area (TPSA) is 60.3 Å². The fourth-order valence-electron chi connectivity index (χ4n) is 1.68. The fraction of sp³-hybridized carbons (Fsp3) is 0.600. The van der Waals surface area contributed by atoms with Gasteiger partial charge < -0.3 is 14.6 Å². The Morgan fingerprint density at radius 1 is 1.40 bits per heavy atom. The van der Waals surface area contributed by atoms with Crippen molar-refractivity contribution in [3.8, 4) is 0 Å². The lowest BCUT2D eigenvalue weighted by Gasteiger charge is -2.08. The molecule has 0 radical (unpaired) electrons. The van der Waals surface area contributed by atoms with Crippen LogP contribution in [0.4, 0.5) is 0 Å². The lowest BCUT2D eigenvalue weighted by atomic mass is 10.2. The summed E-state index contributed by atoms with van der Waals surface area (Å²) < 4.78 is 6.96. The van der Waals surface area contributed by atoms with Crippen molar-refractivity contribution in [2.24, 2.45) is 5.92 Å². The molecule has 1 N–H and O–H groups in total. The number of aromatic nitrogens is 1. The predicted octanol–water partition coefficient (Wildman–Crippen LogP) is 1.42. The Morgan fingerprint density at radius 2 is 2.20 bits per heavy atom. The maximum Gasteiger partial charge on any atom is 0.250 e. The lowest BCUT2D eigenvalue weighted by molar-refractivity contribution is -0.121. The van der Waals surface area contributed by atoms with Crippen molar-refractivity contribution in [1.29, 1.82) is 0 Å². The number of carbonyl (C=O) groups is 1. The third-order valence-electron chi connectivity index (χ3n) is 2.72. The molecule has 5 heteroatoms. The van der Waals surface area contributed by atoms with Gasteiger partial charge in [0.2, 0.25) is 5.91 Å². The molecule has 1 aromatic rings. The Bertz CT molecular complexity index is 454. The molecule has 0 bridgehead atoms. The summed E-state index contributed by atoms with van der Waals surface area (Å²) in [4.78, 5) is 23.0. The molecule has 0 spiro atoms. The molecule has 1 aromatic heterocycles. The third-order valence-corrected chi connectivity index (χ3v) is 2.72. The van der Waals surface area contributed by atoms with Gasteiger partial charge in [-0.1, -0.05) is 19.9 Å². The van der Waals surface area contributed by atoms with E-state index < -0.39 is 0 Å². The van der Waals surface area contributed by atoms with E-state index in [9.17, 15) is 9.59 Å². The van der Waals surface area contributed by atoms with E-state index in [2.05, 4.69) is 19.2 Å². The van der Waals surface area contributed by atoms with Gasteiger partial charge in [0.25, 0.3) is 5.56 Å². The number of pyridine rings is 1. The van der Waals surface area contributed by atoms with Crippen molar-refractivity contribution in [2.45, 2.75) is 33.2 Å². The molecule has 0 aliphatic heterocycles. The zero-order valence-corrected chi connectivity index (χ0v) is 12.3. The first-order valence-corrected chi connectivity index (χ1v) is 7.09. The molecule has 1 heterocycles. The smallest absolute Gasteiger partial charge is 0.250 e. The van der Waals surface area contributed by atoms with E-state index in [1.807, 2.05) is 0 Å². The van der Waals surface area contributed by atoms with Gasteiger partial charge in [-0.3, -0.25) is 9.59 Å². The second kappa shape index (κ2) is 9.31. The average molecular weight is 280 g/mol. The first kappa shape index (κ1) is 16.4. The number of aryl methyl sites for hydroxylation is 1. The molecule has 0 aromatic carbocycles. The van der Waals surface area contributed by atoms with Gasteiger partial charge in [-0.25, -0.2) is 0 Å². The van der Waals surface area contributed by atoms with Crippen molar-refractivity contribution in [2.75, 3.05) is 19.8 Å². The van der Waals surface area contributed by atoms with Crippen LogP contribution in [0.3, 0.4) is 0 Å². The van der Waals surface area contributed by atoms with E-state index in [1.165, 1.54) is 10.6 Å². The maximum atomic E-state index is 11.6. The van der Waals surface area contributed by atoms with Gasteiger partial charge in [-0.15, -0.1) is 0 Å². The summed E-state index contributed by atoms with van der Waals surface area (Å²) in [6, 6.07) is 4.96. The number of rotatable bonds is 9. The van der Waals surface area contributed by atoms with Crippen LogP contribution in [-0.2, 0) is 16.1 Å². The maximum absolute atomic E-state index is 11.6. The summed E-state index contributed by atoms with van der Waals surface area (Å²) in [5.41, 5.74) is -0.0811. The van der Waals surface area contributed by atoms with Crippen LogP contribution in [0.5, 0.6) is 0 Å². The predicted molar refractivity (Wildman–Crippen MR) is 78.6 cm³/mol. The summed E-state index contributed by atoms with van der Waals surface area (Å²) in [5.74, 6) is 0.499. The highest BCUT2D eigenvalue weighted by atomic mass is 16.5. The van der Waals surface area contributed by atoms with Crippen LogP contribution < -0.4 is 10.9 Å². The Labute approximate surface area is 119 Å². The molecule has 0 unspecified atom stereocenters. The highest BCUT2D eigenvalue weighted by Gasteiger charge is 2.02. The molecule has 0 aliphatic carbocycles. The number of nitrogens with one attached hydrogen (secondary N) is 1. The summed E-state index contributed by atoms with van der Waals surface area (Å²) in [7, 11) is 0. The van der Waals surface area contributed by atoms with E-state index in [-0.39, 0.29) is 11.5 Å². The molecule has 1 rings (SSSR count). The molecule has 5 nitrogen and oxygen atoms in total. The first-order chi connectivity index (χ1) is 9.59. The monoisotopic (exact) mass is 280 g/mol. The molecule has 0 saturated carbocycles. The average Bonchev–Trinajstić information content (AvgIpc) is 2.41. The van der Waals surface area contributed by atoms with E-state index in [4.69, 9.17) is 4.74 Å².